The Morgan fingerprint density at radius 1 is 2.00 bits per heavy atom. The molecule has 0 aliphatic heterocycles. The fraction of sp³-hybridized carbons (Fsp3) is 0.200. The molecule has 0 aliphatic carbocycles. The Morgan fingerprint density at radius 3 is 2.50 bits per heavy atom. The van der Waals surface area contributed by atoms with Crippen LogP contribution in [0.4, 0.5) is 0 Å². The van der Waals surface area contributed by atoms with E-state index in [0.717, 1.165) is 5.70 Å². The van der Waals surface area contributed by atoms with E-state index in [1.54, 1.807) is 7.05 Å². The number of nitrogens with one attached hydrogen (secondary N) is 1. The third kappa shape index (κ3) is 1.58. The summed E-state index contributed by atoms with van der Waals surface area (Å²) in [6.07, 6.45) is 1.42. The molecule has 0 radical (unpaired) electrons. The van der Waals surface area contributed by atoms with E-state index in [-0.39, 0.29) is 0 Å². The van der Waals surface area contributed by atoms with Crippen molar-refractivity contribution in [3.8, 4) is 0 Å². The Balaban J connectivity index is 3.23. The Bertz CT molecular complexity index is 64.3. The van der Waals surface area contributed by atoms with E-state index in [4.69, 9.17) is 6.58 Å². The third-order valence-electron chi connectivity index (χ3n) is 0.522. The van der Waals surface area contributed by atoms with Crippen LogP contribution in [0.25, 0.3) is 0 Å². The largest absolute Gasteiger partial charge is 0.465 e. The zero-order valence-electron chi connectivity index (χ0n) is 3.86. The van der Waals surface area contributed by atoms with Crippen molar-refractivity contribution >= 4 is 0 Å². The van der Waals surface area contributed by atoms with Crippen molar-refractivity contribution in [2.75, 3.05) is 7.05 Å². The molecule has 1 nitrogen and oxygen atoms in total. The van der Waals surface area contributed by atoms with Crippen molar-refractivity contribution in [1.29, 1.82) is 0 Å². The summed E-state index contributed by atoms with van der Waals surface area (Å²) in [5.41, 5.74) is 0.745. The molecule has 1 N–H and O–H groups in total. The molecule has 0 unspecified atom stereocenters. The first-order valence-corrected chi connectivity index (χ1v) is 1.73. The lowest BCUT2D eigenvalue weighted by Crippen LogP contribution is -1.99. The SMILES string of the molecule is [CH-]=CC(=C)NC. The number of rotatable bonds is 2. The van der Waals surface area contributed by atoms with Gasteiger partial charge < -0.3 is 5.32 Å². The molecule has 0 aromatic rings. The van der Waals surface area contributed by atoms with Crippen LogP contribution >= 0.6 is 0 Å². The normalized spacial score (nSPS) is 6.83. The summed E-state index contributed by atoms with van der Waals surface area (Å²) in [5, 5.41) is 2.74. The van der Waals surface area contributed by atoms with Crippen molar-refractivity contribution in [3.05, 3.63) is 24.9 Å². The molecule has 0 aromatic heterocycles. The van der Waals surface area contributed by atoms with Gasteiger partial charge in [0.2, 0.25) is 0 Å². The first-order chi connectivity index (χ1) is 2.81. The predicted molar refractivity (Wildman–Crippen MR) is 27.1 cm³/mol. The van der Waals surface area contributed by atoms with Crippen molar-refractivity contribution in [1.82, 2.24) is 5.32 Å². The molecule has 6 heavy (non-hydrogen) atoms. The Kier molecular flexibility index (Phi) is 2.21. The number of hydrogen-bond acceptors (Lipinski definition) is 1. The average molecular weight is 82.1 g/mol. The van der Waals surface area contributed by atoms with Gasteiger partial charge in [-0.15, -0.1) is 5.70 Å². The molecule has 0 saturated heterocycles. The van der Waals surface area contributed by atoms with Gasteiger partial charge in [0.15, 0.2) is 0 Å². The maximum Gasteiger partial charge on any atom is -0.0136 e. The molecule has 0 bridgehead atoms. The molecule has 0 aliphatic rings. The van der Waals surface area contributed by atoms with Crippen molar-refractivity contribution < 1.29 is 0 Å². The molecular weight excluding hydrogens is 74.1 g/mol. The van der Waals surface area contributed by atoms with Crippen LogP contribution in [0, 0.1) is 6.58 Å². The quantitative estimate of drug-likeness (QED) is 0.382. The molecule has 0 rings (SSSR count). The standard InChI is InChI=1S/C5H8N/c1-4-5(2)6-3/h1,4,6H,2H2,3H3/q-1. The average Bonchev–Trinajstić information content (AvgIpc) is 1.65. The highest BCUT2D eigenvalue weighted by atomic mass is 14.8. The molecule has 0 aromatic carbocycles. The molecule has 0 spiro atoms. The van der Waals surface area contributed by atoms with E-state index < -0.39 is 0 Å². The van der Waals surface area contributed by atoms with Crippen LogP contribution in [0.1, 0.15) is 0 Å². The van der Waals surface area contributed by atoms with E-state index in [1.807, 2.05) is 0 Å². The lowest BCUT2D eigenvalue weighted by atomic mass is 10.5. The monoisotopic (exact) mass is 82.1 g/mol. The summed E-state index contributed by atoms with van der Waals surface area (Å²) in [6, 6.07) is 0. The summed E-state index contributed by atoms with van der Waals surface area (Å²) >= 11 is 0. The second-order valence-electron chi connectivity index (χ2n) is 0.942. The molecule has 0 atom stereocenters. The maximum atomic E-state index is 5.00. The summed E-state index contributed by atoms with van der Waals surface area (Å²) in [4.78, 5) is 0. The highest BCUT2D eigenvalue weighted by molar-refractivity contribution is 5.05. The summed E-state index contributed by atoms with van der Waals surface area (Å²) in [7, 11) is 1.77. The van der Waals surface area contributed by atoms with Crippen LogP contribution in [0.2, 0.25) is 0 Å². The summed E-state index contributed by atoms with van der Waals surface area (Å²) in [5.74, 6) is 0. The molecular formula is C5H8N-. The van der Waals surface area contributed by atoms with Gasteiger partial charge in [0.1, 0.15) is 0 Å². The Morgan fingerprint density at radius 2 is 2.50 bits per heavy atom. The molecule has 0 heterocycles. The zero-order valence-corrected chi connectivity index (χ0v) is 3.86. The van der Waals surface area contributed by atoms with Crippen molar-refractivity contribution in [3.63, 3.8) is 0 Å². The number of allylic oxidation sites excluding steroid dienone is 1. The second kappa shape index (κ2) is 2.51. The van der Waals surface area contributed by atoms with Crippen LogP contribution in [-0.4, -0.2) is 7.05 Å². The highest BCUT2D eigenvalue weighted by Gasteiger charge is 1.56. The molecule has 0 fully saturated rings. The van der Waals surface area contributed by atoms with E-state index in [1.165, 1.54) is 6.08 Å². The minimum atomic E-state index is 0.745. The molecule has 1 heteroatoms. The van der Waals surface area contributed by atoms with Crippen molar-refractivity contribution in [2.45, 2.75) is 0 Å². The first kappa shape index (κ1) is 5.28. The van der Waals surface area contributed by atoms with Crippen LogP contribution < -0.4 is 5.32 Å². The predicted octanol–water partition coefficient (Wildman–Crippen LogP) is 0.709. The zero-order chi connectivity index (χ0) is 4.99. The fourth-order valence-corrected chi connectivity index (χ4v) is 0.0833. The molecule has 34 valence electrons. The van der Waals surface area contributed by atoms with Crippen LogP contribution in [0.5, 0.6) is 0 Å². The van der Waals surface area contributed by atoms with Gasteiger partial charge >= 0.3 is 0 Å². The minimum absolute atomic E-state index is 0.745. The van der Waals surface area contributed by atoms with Crippen LogP contribution in [0.3, 0.4) is 0 Å². The number of likely N-dealkylation sites (N-methyl/N-ethyl adjacent to an activating group) is 1. The van der Waals surface area contributed by atoms with Gasteiger partial charge in [0.25, 0.3) is 0 Å². The van der Waals surface area contributed by atoms with E-state index in [9.17, 15) is 0 Å². The van der Waals surface area contributed by atoms with Crippen molar-refractivity contribution in [2.24, 2.45) is 0 Å². The van der Waals surface area contributed by atoms with Gasteiger partial charge in [-0.2, -0.15) is 6.58 Å². The lowest BCUT2D eigenvalue weighted by molar-refractivity contribution is 1.04. The maximum absolute atomic E-state index is 5.00. The molecule has 0 saturated carbocycles. The first-order valence-electron chi connectivity index (χ1n) is 1.73. The van der Waals surface area contributed by atoms with Crippen LogP contribution in [0.15, 0.2) is 18.4 Å². The van der Waals surface area contributed by atoms with Crippen LogP contribution in [-0.2, 0) is 0 Å². The Labute approximate surface area is 38.4 Å². The second-order valence-corrected chi connectivity index (χ2v) is 0.942. The summed E-state index contributed by atoms with van der Waals surface area (Å²) in [6.45, 7) is 8.50. The Hall–Kier alpha value is -0.720. The smallest absolute Gasteiger partial charge is 0.0136 e. The van der Waals surface area contributed by atoms with E-state index >= 15 is 0 Å². The van der Waals surface area contributed by atoms with E-state index in [0.29, 0.717) is 0 Å². The number of hydrogen-bond donors (Lipinski definition) is 1. The van der Waals surface area contributed by atoms with Gasteiger partial charge in [-0.1, -0.05) is 0 Å². The fourth-order valence-electron chi connectivity index (χ4n) is 0.0833. The van der Waals surface area contributed by atoms with Gasteiger partial charge in [0, 0.05) is 0 Å². The van der Waals surface area contributed by atoms with Gasteiger partial charge in [0.05, 0.1) is 0 Å². The minimum Gasteiger partial charge on any atom is -0.465 e. The van der Waals surface area contributed by atoms with Gasteiger partial charge in [-0.05, 0) is 7.05 Å². The lowest BCUT2D eigenvalue weighted by Gasteiger charge is -2.01. The third-order valence-corrected chi connectivity index (χ3v) is 0.522. The van der Waals surface area contributed by atoms with Gasteiger partial charge in [-0.25, -0.2) is 6.08 Å². The highest BCUT2D eigenvalue weighted by Crippen LogP contribution is 1.75. The molecule has 0 amide bonds. The summed E-state index contributed by atoms with van der Waals surface area (Å²) < 4.78 is 0. The van der Waals surface area contributed by atoms with Gasteiger partial charge in [-0.3, -0.25) is 6.58 Å². The topological polar surface area (TPSA) is 12.0 Å². The van der Waals surface area contributed by atoms with E-state index in [2.05, 4.69) is 11.9 Å².